The van der Waals surface area contributed by atoms with Gasteiger partial charge in [-0.15, -0.1) is 0 Å². The van der Waals surface area contributed by atoms with Crippen LogP contribution >= 0.6 is 0 Å². The Morgan fingerprint density at radius 2 is 2.07 bits per heavy atom. The van der Waals surface area contributed by atoms with Gasteiger partial charge >= 0.3 is 0 Å². The van der Waals surface area contributed by atoms with Crippen LogP contribution in [0.2, 0.25) is 0 Å². The molecule has 2 aromatic rings. The summed E-state index contributed by atoms with van der Waals surface area (Å²) in [7, 11) is 0. The first-order chi connectivity index (χ1) is 13.4. The molecule has 1 aromatic heterocycles. The van der Waals surface area contributed by atoms with E-state index in [9.17, 15) is 9.59 Å². The molecule has 3 rings (SSSR count). The Bertz CT molecular complexity index is 881. The first kappa shape index (κ1) is 19.8. The van der Waals surface area contributed by atoms with Crippen LogP contribution in [0.25, 0.3) is 0 Å². The molecule has 28 heavy (non-hydrogen) atoms. The van der Waals surface area contributed by atoms with Gasteiger partial charge in [0, 0.05) is 42.1 Å². The minimum Gasteiger partial charge on any atom is -0.340 e. The maximum atomic E-state index is 12.8. The van der Waals surface area contributed by atoms with Gasteiger partial charge in [-0.25, -0.2) is 9.97 Å². The molecule has 7 nitrogen and oxygen atoms in total. The van der Waals surface area contributed by atoms with E-state index in [0.29, 0.717) is 12.4 Å². The third kappa shape index (κ3) is 4.47. The Balaban J connectivity index is 1.75. The van der Waals surface area contributed by atoms with Gasteiger partial charge in [-0.05, 0) is 44.9 Å². The number of aromatic nitrogens is 2. The van der Waals surface area contributed by atoms with E-state index in [1.54, 1.807) is 4.90 Å². The summed E-state index contributed by atoms with van der Waals surface area (Å²) in [5.74, 6) is 0.311. The highest BCUT2D eigenvalue weighted by Gasteiger charge is 2.35. The van der Waals surface area contributed by atoms with Gasteiger partial charge in [-0.1, -0.05) is 13.0 Å². The predicted octanol–water partition coefficient (Wildman–Crippen LogP) is 3.29. The summed E-state index contributed by atoms with van der Waals surface area (Å²) in [6, 6.07) is 7.83. The summed E-state index contributed by atoms with van der Waals surface area (Å²) < 4.78 is 0. The maximum Gasteiger partial charge on any atom is 0.229 e. The number of hydrogen-bond donors (Lipinski definition) is 2. The maximum absolute atomic E-state index is 12.8. The smallest absolute Gasteiger partial charge is 0.229 e. The highest BCUT2D eigenvalue weighted by molar-refractivity contribution is 5.98. The summed E-state index contributed by atoms with van der Waals surface area (Å²) >= 11 is 0. The highest BCUT2D eigenvalue weighted by Crippen LogP contribution is 2.26. The van der Waals surface area contributed by atoms with E-state index in [1.165, 1.54) is 6.33 Å². The van der Waals surface area contributed by atoms with Crippen LogP contribution in [-0.4, -0.2) is 39.3 Å². The molecule has 1 aliphatic heterocycles. The molecule has 1 unspecified atom stereocenters. The van der Waals surface area contributed by atoms with Crippen molar-refractivity contribution in [1.29, 1.82) is 0 Å². The van der Waals surface area contributed by atoms with E-state index in [2.05, 4.69) is 20.6 Å². The second-order valence-corrected chi connectivity index (χ2v) is 7.43. The monoisotopic (exact) mass is 381 g/mol. The van der Waals surface area contributed by atoms with Gasteiger partial charge in [0.15, 0.2) is 0 Å². The Morgan fingerprint density at radius 3 is 2.71 bits per heavy atom. The van der Waals surface area contributed by atoms with Crippen molar-refractivity contribution >= 4 is 29.0 Å². The molecular formula is C21H27N5O2. The molecule has 1 aromatic carbocycles. The van der Waals surface area contributed by atoms with Crippen LogP contribution in [0.4, 0.5) is 17.2 Å². The number of rotatable bonds is 6. The van der Waals surface area contributed by atoms with Crippen molar-refractivity contribution in [3.05, 3.63) is 41.9 Å². The number of carbonyl (C=O) groups excluding carboxylic acids is 2. The quantitative estimate of drug-likeness (QED) is 0.802. The molecule has 0 radical (unpaired) electrons. The molecule has 1 atom stereocenters. The summed E-state index contributed by atoms with van der Waals surface area (Å²) in [5.41, 5.74) is 3.51. The number of hydrogen-bond acceptors (Lipinski definition) is 5. The van der Waals surface area contributed by atoms with Crippen LogP contribution in [0.3, 0.4) is 0 Å². The molecule has 2 heterocycles. The minimum absolute atomic E-state index is 0.0420. The van der Waals surface area contributed by atoms with Crippen molar-refractivity contribution in [2.75, 3.05) is 17.2 Å². The fourth-order valence-corrected chi connectivity index (χ4v) is 3.39. The van der Waals surface area contributed by atoms with Gasteiger partial charge in [-0.2, -0.15) is 0 Å². The summed E-state index contributed by atoms with van der Waals surface area (Å²) in [6.07, 6.45) is 2.58. The standard InChI is InChI=1S/C21H27N5O2/c1-5-15-6-7-17(24-19-8-14(4)22-12-23-19)10-18(15)25-21(28)16-9-20(27)26(11-16)13(2)3/h6-8,10,12-13,16H,5,9,11H2,1-4H3,(H,25,28)(H,22,23,24). The SMILES string of the molecule is CCc1ccc(Nc2cc(C)ncn2)cc1NC(=O)C1CC(=O)N(C(C)C)C1. The van der Waals surface area contributed by atoms with Crippen molar-refractivity contribution in [2.45, 2.75) is 46.6 Å². The van der Waals surface area contributed by atoms with Crippen molar-refractivity contribution in [3.63, 3.8) is 0 Å². The van der Waals surface area contributed by atoms with Gasteiger partial charge in [0.25, 0.3) is 0 Å². The highest BCUT2D eigenvalue weighted by atomic mass is 16.2. The number of benzene rings is 1. The van der Waals surface area contributed by atoms with E-state index in [4.69, 9.17) is 0 Å². The molecule has 0 spiro atoms. The average molecular weight is 381 g/mol. The fraction of sp³-hybridized carbons (Fsp3) is 0.429. The summed E-state index contributed by atoms with van der Waals surface area (Å²) in [5, 5.41) is 6.27. The van der Waals surface area contributed by atoms with E-state index >= 15 is 0 Å². The molecule has 2 amide bonds. The zero-order valence-electron chi connectivity index (χ0n) is 16.8. The lowest BCUT2D eigenvalue weighted by Gasteiger charge is -2.21. The van der Waals surface area contributed by atoms with Crippen LogP contribution < -0.4 is 10.6 Å². The van der Waals surface area contributed by atoms with Crippen molar-refractivity contribution in [2.24, 2.45) is 5.92 Å². The van der Waals surface area contributed by atoms with Crippen LogP contribution in [-0.2, 0) is 16.0 Å². The average Bonchev–Trinajstić information content (AvgIpc) is 3.04. The van der Waals surface area contributed by atoms with Crippen LogP contribution in [0.5, 0.6) is 0 Å². The van der Waals surface area contributed by atoms with Gasteiger partial charge in [0.2, 0.25) is 11.8 Å². The molecule has 0 aliphatic carbocycles. The van der Waals surface area contributed by atoms with Gasteiger partial charge in [-0.3, -0.25) is 9.59 Å². The largest absolute Gasteiger partial charge is 0.340 e. The Labute approximate surface area is 165 Å². The molecular weight excluding hydrogens is 354 g/mol. The number of likely N-dealkylation sites (tertiary alicyclic amines) is 1. The minimum atomic E-state index is -0.319. The van der Waals surface area contributed by atoms with Gasteiger partial charge in [0.05, 0.1) is 5.92 Å². The number of amides is 2. The number of anilines is 3. The van der Waals surface area contributed by atoms with E-state index < -0.39 is 0 Å². The molecule has 0 saturated carbocycles. The number of aryl methyl sites for hydroxylation is 2. The first-order valence-electron chi connectivity index (χ1n) is 9.66. The van der Waals surface area contributed by atoms with E-state index in [0.717, 1.165) is 29.1 Å². The Morgan fingerprint density at radius 1 is 1.29 bits per heavy atom. The van der Waals surface area contributed by atoms with Crippen molar-refractivity contribution < 1.29 is 9.59 Å². The zero-order valence-corrected chi connectivity index (χ0v) is 16.8. The van der Waals surface area contributed by atoms with Gasteiger partial charge < -0.3 is 15.5 Å². The van der Waals surface area contributed by atoms with Crippen molar-refractivity contribution in [3.8, 4) is 0 Å². The fourth-order valence-electron chi connectivity index (χ4n) is 3.39. The molecule has 1 saturated heterocycles. The van der Waals surface area contributed by atoms with Crippen LogP contribution in [0.1, 0.15) is 38.4 Å². The lowest BCUT2D eigenvalue weighted by atomic mass is 10.1. The normalized spacial score (nSPS) is 16.5. The second kappa shape index (κ2) is 8.37. The molecule has 7 heteroatoms. The first-order valence-corrected chi connectivity index (χ1v) is 9.66. The summed E-state index contributed by atoms with van der Waals surface area (Å²) in [4.78, 5) is 35.0. The predicted molar refractivity (Wildman–Crippen MR) is 109 cm³/mol. The topological polar surface area (TPSA) is 87.2 Å². The van der Waals surface area contributed by atoms with Crippen LogP contribution in [0.15, 0.2) is 30.6 Å². The second-order valence-electron chi connectivity index (χ2n) is 7.43. The van der Waals surface area contributed by atoms with E-state index in [1.807, 2.05) is 52.0 Å². The number of nitrogens with zero attached hydrogens (tertiary/aromatic N) is 3. The molecule has 1 fully saturated rings. The molecule has 1 aliphatic rings. The Hall–Kier alpha value is -2.96. The molecule has 148 valence electrons. The third-order valence-electron chi connectivity index (χ3n) is 4.98. The van der Waals surface area contributed by atoms with E-state index in [-0.39, 0.29) is 30.2 Å². The zero-order chi connectivity index (χ0) is 20.3. The molecule has 0 bridgehead atoms. The number of carbonyl (C=O) groups is 2. The molecule has 2 N–H and O–H groups in total. The lowest BCUT2D eigenvalue weighted by Crippen LogP contribution is -2.33. The van der Waals surface area contributed by atoms with Crippen LogP contribution in [0, 0.1) is 12.8 Å². The van der Waals surface area contributed by atoms with Crippen molar-refractivity contribution in [1.82, 2.24) is 14.9 Å². The number of nitrogens with one attached hydrogen (secondary N) is 2. The third-order valence-corrected chi connectivity index (χ3v) is 4.98. The lowest BCUT2D eigenvalue weighted by molar-refractivity contribution is -0.129. The Kier molecular flexibility index (Phi) is 5.92. The van der Waals surface area contributed by atoms with Gasteiger partial charge in [0.1, 0.15) is 12.1 Å². The summed E-state index contributed by atoms with van der Waals surface area (Å²) in [6.45, 7) is 8.37.